The zero-order valence-electron chi connectivity index (χ0n) is 24.8. The number of carbonyl (C=O) groups is 1. The normalized spacial score (nSPS) is 24.4. The highest BCUT2D eigenvalue weighted by molar-refractivity contribution is 6.02. The number of phenols is 3. The van der Waals surface area contributed by atoms with Crippen molar-refractivity contribution in [3.63, 3.8) is 0 Å². The number of piperazine rings is 1. The molecule has 2 aliphatic heterocycles. The van der Waals surface area contributed by atoms with E-state index in [1.54, 1.807) is 12.1 Å². The third-order valence-corrected chi connectivity index (χ3v) is 8.39. The number of phenolic OH excluding ortho intramolecular Hbond substituents is 3. The first-order valence-electron chi connectivity index (χ1n) is 15.0. The molecule has 5 atom stereocenters. The van der Waals surface area contributed by atoms with Crippen LogP contribution in [0.25, 0.3) is 0 Å². The summed E-state index contributed by atoms with van der Waals surface area (Å²) in [5, 5.41) is 72.5. The number of aromatic hydroxyl groups is 3. The molecular weight excluding hydrogens is 584 g/mol. The highest BCUT2D eigenvalue weighted by Crippen LogP contribution is 2.41. The van der Waals surface area contributed by atoms with Crippen LogP contribution in [0.3, 0.4) is 0 Å². The minimum absolute atomic E-state index is 0.0637. The Morgan fingerprint density at radius 2 is 1.47 bits per heavy atom. The van der Waals surface area contributed by atoms with Gasteiger partial charge in [-0.15, -0.1) is 0 Å². The number of ether oxygens (including phenoxy) is 2. The molecule has 0 amide bonds. The molecule has 2 aliphatic rings. The average Bonchev–Trinajstić information content (AvgIpc) is 3.04. The maximum absolute atomic E-state index is 13.6. The van der Waals surface area contributed by atoms with Gasteiger partial charge in [0.1, 0.15) is 53.0 Å². The Kier molecular flexibility index (Phi) is 10.6. The fourth-order valence-electron chi connectivity index (χ4n) is 5.70. The largest absolute Gasteiger partial charge is 0.508 e. The molecule has 2 heterocycles. The summed E-state index contributed by atoms with van der Waals surface area (Å²) in [5.74, 6) is -1.54. The van der Waals surface area contributed by atoms with Crippen LogP contribution in [0.2, 0.25) is 0 Å². The Morgan fingerprint density at radius 1 is 0.822 bits per heavy atom. The number of rotatable bonds is 11. The molecule has 2 fully saturated rings. The molecule has 45 heavy (non-hydrogen) atoms. The molecule has 12 nitrogen and oxygen atoms in total. The molecule has 5 rings (SSSR count). The van der Waals surface area contributed by atoms with Gasteiger partial charge in [0.2, 0.25) is 6.29 Å². The van der Waals surface area contributed by atoms with Gasteiger partial charge in [0.05, 0.1) is 12.2 Å². The zero-order valence-corrected chi connectivity index (χ0v) is 24.8. The minimum Gasteiger partial charge on any atom is -0.508 e. The molecule has 0 aliphatic carbocycles. The maximum atomic E-state index is 13.6. The summed E-state index contributed by atoms with van der Waals surface area (Å²) in [6.45, 7) is 3.17. The summed E-state index contributed by atoms with van der Waals surface area (Å²) in [4.78, 5) is 18.0. The number of aliphatic hydroxyl groups is 4. The Hall–Kier alpha value is -3.75. The summed E-state index contributed by atoms with van der Waals surface area (Å²) >= 11 is 0. The fraction of sp³-hybridized carbons (Fsp3) is 0.424. The van der Waals surface area contributed by atoms with E-state index >= 15 is 0 Å². The number of benzene rings is 3. The van der Waals surface area contributed by atoms with Crippen molar-refractivity contribution in [2.24, 2.45) is 0 Å². The van der Waals surface area contributed by atoms with Gasteiger partial charge in [-0.1, -0.05) is 42.5 Å². The van der Waals surface area contributed by atoms with Gasteiger partial charge in [-0.2, -0.15) is 0 Å². The van der Waals surface area contributed by atoms with Crippen LogP contribution in [0.5, 0.6) is 23.0 Å². The van der Waals surface area contributed by atoms with E-state index < -0.39 is 48.8 Å². The molecule has 0 saturated carbocycles. The number of aliphatic hydroxyl groups excluding tert-OH is 4. The molecule has 242 valence electrons. The Balaban J connectivity index is 1.37. The van der Waals surface area contributed by atoms with Crippen LogP contribution >= 0.6 is 0 Å². The highest BCUT2D eigenvalue weighted by atomic mass is 16.7. The molecular formula is C33H40N2O10. The lowest BCUT2D eigenvalue weighted by molar-refractivity contribution is -0.277. The first kappa shape index (κ1) is 32.6. The van der Waals surface area contributed by atoms with Crippen molar-refractivity contribution in [3.8, 4) is 23.0 Å². The molecule has 2 saturated heterocycles. The zero-order chi connectivity index (χ0) is 32.1. The molecule has 0 bridgehead atoms. The Labute approximate surface area is 260 Å². The van der Waals surface area contributed by atoms with E-state index in [1.807, 2.05) is 18.2 Å². The van der Waals surface area contributed by atoms with E-state index in [-0.39, 0.29) is 47.8 Å². The molecule has 3 aromatic carbocycles. The van der Waals surface area contributed by atoms with Crippen LogP contribution in [-0.2, 0) is 24.2 Å². The lowest BCUT2D eigenvalue weighted by atomic mass is 9.97. The van der Waals surface area contributed by atoms with Gasteiger partial charge in [0, 0.05) is 51.8 Å². The molecule has 0 unspecified atom stereocenters. The third-order valence-electron chi connectivity index (χ3n) is 8.39. The quantitative estimate of drug-likeness (QED) is 0.151. The van der Waals surface area contributed by atoms with E-state index in [4.69, 9.17) is 9.47 Å². The molecule has 0 radical (unpaired) electrons. The molecule has 7 N–H and O–H groups in total. The molecule has 0 aromatic heterocycles. The van der Waals surface area contributed by atoms with Crippen LogP contribution in [0, 0.1) is 0 Å². The summed E-state index contributed by atoms with van der Waals surface area (Å²) < 4.78 is 11.2. The molecule has 3 aromatic rings. The van der Waals surface area contributed by atoms with Crippen molar-refractivity contribution >= 4 is 5.78 Å². The predicted molar refractivity (Wildman–Crippen MR) is 162 cm³/mol. The maximum Gasteiger partial charge on any atom is 0.229 e. The van der Waals surface area contributed by atoms with Crippen molar-refractivity contribution in [3.05, 3.63) is 82.9 Å². The topological polar surface area (TPSA) is 184 Å². The minimum atomic E-state index is -1.76. The van der Waals surface area contributed by atoms with E-state index in [0.717, 1.165) is 31.3 Å². The summed E-state index contributed by atoms with van der Waals surface area (Å²) in [6.07, 6.45) is -7.79. The number of Topliss-reactive ketones (excluding diaryl/α,β-unsaturated/α-hetero) is 1. The number of carbonyl (C=O) groups excluding carboxylic acids is 1. The van der Waals surface area contributed by atoms with E-state index in [9.17, 15) is 40.5 Å². The standard InChI is InChI=1S/C33H40N2O10/c36-19-27-30(41)31(42)32(43)33(45-27)44-26-16-25(39)23(18-35-14-12-34(13-15-35)17-21-4-2-1-3-5-21)29(40)28(26)24(38)11-8-20-6-9-22(37)10-7-20/h1-7,9-10,16,27,30-33,36-37,39-43H,8,11-15,17-19H2/t27-,30-,31+,32-,33-/m1/s1. The van der Waals surface area contributed by atoms with Crippen LogP contribution in [0.1, 0.15) is 33.5 Å². The lowest BCUT2D eigenvalue weighted by Gasteiger charge is -2.39. The van der Waals surface area contributed by atoms with Crippen molar-refractivity contribution in [2.45, 2.75) is 56.6 Å². The first-order valence-corrected chi connectivity index (χ1v) is 15.0. The van der Waals surface area contributed by atoms with Crippen molar-refractivity contribution < 1.29 is 50.0 Å². The number of aryl methyl sites for hydroxylation is 1. The average molecular weight is 625 g/mol. The SMILES string of the molecule is O=C(CCc1ccc(O)cc1)c1c(O[C@@H]2O[C@H](CO)[C@@H](O)[C@H](O)[C@H]2O)cc(O)c(CN2CCN(Cc3ccccc3)CC2)c1O. The van der Waals surface area contributed by atoms with E-state index in [1.165, 1.54) is 17.7 Å². The van der Waals surface area contributed by atoms with Crippen molar-refractivity contribution in [1.29, 1.82) is 0 Å². The molecule has 12 heteroatoms. The predicted octanol–water partition coefficient (Wildman–Crippen LogP) is 1.12. The van der Waals surface area contributed by atoms with Gasteiger partial charge < -0.3 is 45.2 Å². The van der Waals surface area contributed by atoms with Crippen molar-refractivity contribution in [2.75, 3.05) is 32.8 Å². The van der Waals surface area contributed by atoms with Crippen LogP contribution in [-0.4, -0.2) is 115 Å². The fourth-order valence-corrected chi connectivity index (χ4v) is 5.70. The first-order chi connectivity index (χ1) is 21.6. The second-order valence-corrected chi connectivity index (χ2v) is 11.5. The summed E-state index contributed by atoms with van der Waals surface area (Å²) in [5.41, 5.74) is 1.89. The van der Waals surface area contributed by atoms with E-state index in [2.05, 4.69) is 21.9 Å². The second-order valence-electron chi connectivity index (χ2n) is 11.5. The third kappa shape index (κ3) is 7.74. The van der Waals surface area contributed by atoms with Gasteiger partial charge in [0.15, 0.2) is 5.78 Å². The van der Waals surface area contributed by atoms with Crippen LogP contribution < -0.4 is 4.74 Å². The summed E-state index contributed by atoms with van der Waals surface area (Å²) in [6, 6.07) is 17.7. The number of hydrogen-bond donors (Lipinski definition) is 7. The Bertz CT molecular complexity index is 1430. The monoisotopic (exact) mass is 624 g/mol. The van der Waals surface area contributed by atoms with Gasteiger partial charge in [-0.3, -0.25) is 14.6 Å². The van der Waals surface area contributed by atoms with Gasteiger partial charge in [-0.25, -0.2) is 0 Å². The van der Waals surface area contributed by atoms with Gasteiger partial charge >= 0.3 is 0 Å². The van der Waals surface area contributed by atoms with Gasteiger partial charge in [-0.05, 0) is 29.7 Å². The lowest BCUT2D eigenvalue weighted by Crippen LogP contribution is -2.60. The smallest absolute Gasteiger partial charge is 0.229 e. The van der Waals surface area contributed by atoms with Crippen LogP contribution in [0.4, 0.5) is 0 Å². The summed E-state index contributed by atoms with van der Waals surface area (Å²) in [7, 11) is 0. The number of ketones is 1. The highest BCUT2D eigenvalue weighted by Gasteiger charge is 2.45. The molecule has 0 spiro atoms. The van der Waals surface area contributed by atoms with Gasteiger partial charge in [0.25, 0.3) is 0 Å². The van der Waals surface area contributed by atoms with E-state index in [0.29, 0.717) is 13.1 Å². The van der Waals surface area contributed by atoms with Crippen molar-refractivity contribution in [1.82, 2.24) is 9.80 Å². The number of nitrogens with zero attached hydrogens (tertiary/aromatic N) is 2. The van der Waals surface area contributed by atoms with Crippen LogP contribution in [0.15, 0.2) is 60.7 Å². The number of hydrogen-bond acceptors (Lipinski definition) is 12. The second kappa shape index (κ2) is 14.6. The Morgan fingerprint density at radius 3 is 2.11 bits per heavy atom.